The van der Waals surface area contributed by atoms with Crippen molar-refractivity contribution in [3.63, 3.8) is 0 Å². The van der Waals surface area contributed by atoms with Crippen LogP contribution < -0.4 is 5.56 Å². The first-order valence-corrected chi connectivity index (χ1v) is 11.9. The molecule has 2 atom stereocenters. The largest absolute Gasteiger partial charge is 0.469 e. The van der Waals surface area contributed by atoms with Crippen LogP contribution in [-0.2, 0) is 27.9 Å². The average molecular weight is 457 g/mol. The van der Waals surface area contributed by atoms with Crippen molar-refractivity contribution in [2.24, 2.45) is 13.0 Å². The lowest BCUT2D eigenvalue weighted by Crippen LogP contribution is -2.54. The molecule has 2 aromatic rings. The SMILES string of the molecule is COC(=O)CC[C@H]1CN(Cc2c(C)n(C)n(-c3ccccc3)c2=O)CC[C@H]1N1CCOCC1. The fourth-order valence-electron chi connectivity index (χ4n) is 5.35. The summed E-state index contributed by atoms with van der Waals surface area (Å²) < 4.78 is 14.1. The molecule has 0 unspecified atom stereocenters. The van der Waals surface area contributed by atoms with Gasteiger partial charge in [0.05, 0.1) is 31.6 Å². The Morgan fingerprint density at radius 2 is 1.88 bits per heavy atom. The predicted octanol–water partition coefficient (Wildman–Crippen LogP) is 1.96. The molecule has 0 radical (unpaired) electrons. The van der Waals surface area contributed by atoms with E-state index in [1.54, 1.807) is 4.68 Å². The van der Waals surface area contributed by atoms with Crippen molar-refractivity contribution >= 4 is 5.97 Å². The molecule has 0 spiro atoms. The Morgan fingerprint density at radius 3 is 2.58 bits per heavy atom. The van der Waals surface area contributed by atoms with Gasteiger partial charge < -0.3 is 9.47 Å². The number of nitrogens with zero attached hydrogens (tertiary/aromatic N) is 4. The van der Waals surface area contributed by atoms with E-state index >= 15 is 0 Å². The molecule has 1 aromatic carbocycles. The molecule has 0 bridgehead atoms. The highest BCUT2D eigenvalue weighted by molar-refractivity contribution is 5.69. The summed E-state index contributed by atoms with van der Waals surface area (Å²) in [4.78, 5) is 30.1. The lowest BCUT2D eigenvalue weighted by atomic mass is 9.86. The summed E-state index contributed by atoms with van der Waals surface area (Å²) in [7, 11) is 3.39. The van der Waals surface area contributed by atoms with E-state index in [9.17, 15) is 9.59 Å². The molecule has 0 saturated carbocycles. The standard InChI is InChI=1S/C25H36N4O4/c1-19-22(25(31)29(26(19)2)21-7-5-4-6-8-21)18-27-12-11-23(28-13-15-33-16-14-28)20(17-27)9-10-24(30)32-3/h4-8,20,23H,9-18H2,1-3H3/t20-,23+/m0/s1. The molecule has 2 aliphatic heterocycles. The highest BCUT2D eigenvalue weighted by Crippen LogP contribution is 2.28. The fourth-order valence-corrected chi connectivity index (χ4v) is 5.35. The first kappa shape index (κ1) is 23.7. The minimum absolute atomic E-state index is 0.0441. The van der Waals surface area contributed by atoms with Crippen molar-refractivity contribution in [1.82, 2.24) is 19.2 Å². The van der Waals surface area contributed by atoms with Crippen molar-refractivity contribution in [1.29, 1.82) is 0 Å². The van der Waals surface area contributed by atoms with E-state index in [0.717, 1.165) is 69.2 Å². The van der Waals surface area contributed by atoms with Crippen LogP contribution in [0.3, 0.4) is 0 Å². The number of piperidine rings is 1. The molecule has 3 heterocycles. The van der Waals surface area contributed by atoms with Gasteiger partial charge >= 0.3 is 5.97 Å². The Bertz CT molecular complexity index is 994. The molecular weight excluding hydrogens is 420 g/mol. The number of benzene rings is 1. The van der Waals surface area contributed by atoms with E-state index in [2.05, 4.69) is 9.80 Å². The van der Waals surface area contributed by atoms with Gasteiger partial charge in [-0.3, -0.25) is 24.1 Å². The minimum Gasteiger partial charge on any atom is -0.469 e. The molecular formula is C25H36N4O4. The van der Waals surface area contributed by atoms with E-state index in [-0.39, 0.29) is 11.5 Å². The van der Waals surface area contributed by atoms with Crippen LogP contribution in [-0.4, -0.2) is 77.7 Å². The molecule has 180 valence electrons. The highest BCUT2D eigenvalue weighted by Gasteiger charge is 2.35. The van der Waals surface area contributed by atoms with Gasteiger partial charge in [-0.15, -0.1) is 0 Å². The summed E-state index contributed by atoms with van der Waals surface area (Å²) >= 11 is 0. The molecule has 0 N–H and O–H groups in total. The van der Waals surface area contributed by atoms with Crippen molar-refractivity contribution in [3.05, 3.63) is 51.9 Å². The number of carbonyl (C=O) groups excluding carboxylic acids is 1. The zero-order chi connectivity index (χ0) is 23.4. The van der Waals surface area contributed by atoms with Crippen LogP contribution in [0, 0.1) is 12.8 Å². The molecule has 0 amide bonds. The number of aromatic nitrogens is 2. The van der Waals surface area contributed by atoms with E-state index in [1.807, 2.05) is 49.0 Å². The van der Waals surface area contributed by atoms with E-state index in [1.165, 1.54) is 7.11 Å². The molecule has 2 aliphatic rings. The van der Waals surface area contributed by atoms with Gasteiger partial charge in [0.2, 0.25) is 0 Å². The van der Waals surface area contributed by atoms with Crippen molar-refractivity contribution in [3.8, 4) is 5.69 Å². The number of para-hydroxylation sites is 1. The molecule has 8 heteroatoms. The molecule has 2 saturated heterocycles. The monoisotopic (exact) mass is 456 g/mol. The van der Waals surface area contributed by atoms with Crippen LogP contribution in [0.1, 0.15) is 30.5 Å². The fraction of sp³-hybridized carbons (Fsp3) is 0.600. The highest BCUT2D eigenvalue weighted by atomic mass is 16.5. The van der Waals surface area contributed by atoms with Gasteiger partial charge in [-0.1, -0.05) is 18.2 Å². The van der Waals surface area contributed by atoms with Crippen molar-refractivity contribution in [2.45, 2.75) is 38.8 Å². The Morgan fingerprint density at radius 1 is 1.15 bits per heavy atom. The van der Waals surface area contributed by atoms with Gasteiger partial charge in [-0.25, -0.2) is 4.68 Å². The van der Waals surface area contributed by atoms with Gasteiger partial charge in [-0.2, -0.15) is 0 Å². The second-order valence-corrected chi connectivity index (χ2v) is 9.15. The number of ether oxygens (including phenoxy) is 2. The van der Waals surface area contributed by atoms with Gasteiger partial charge in [0.1, 0.15) is 0 Å². The van der Waals surface area contributed by atoms with Crippen LogP contribution in [0.5, 0.6) is 0 Å². The maximum Gasteiger partial charge on any atom is 0.305 e. The summed E-state index contributed by atoms with van der Waals surface area (Å²) in [5.74, 6) is 0.203. The predicted molar refractivity (Wildman–Crippen MR) is 127 cm³/mol. The second kappa shape index (κ2) is 10.7. The van der Waals surface area contributed by atoms with Crippen molar-refractivity contribution in [2.75, 3.05) is 46.5 Å². The van der Waals surface area contributed by atoms with Gasteiger partial charge in [0.15, 0.2) is 0 Å². The Labute approximate surface area is 195 Å². The maximum absolute atomic E-state index is 13.4. The van der Waals surface area contributed by atoms with E-state index < -0.39 is 0 Å². The molecule has 0 aliphatic carbocycles. The smallest absolute Gasteiger partial charge is 0.305 e. The number of esters is 1. The number of hydrogen-bond donors (Lipinski definition) is 0. The van der Waals surface area contributed by atoms with Crippen LogP contribution in [0.4, 0.5) is 0 Å². The first-order valence-electron chi connectivity index (χ1n) is 11.9. The zero-order valence-corrected chi connectivity index (χ0v) is 20.0. The number of methoxy groups -OCH3 is 1. The average Bonchev–Trinajstić information content (AvgIpc) is 3.06. The van der Waals surface area contributed by atoms with Gasteiger partial charge in [0.25, 0.3) is 5.56 Å². The number of morpholine rings is 1. The second-order valence-electron chi connectivity index (χ2n) is 9.15. The summed E-state index contributed by atoms with van der Waals surface area (Å²) in [5, 5.41) is 0. The lowest BCUT2D eigenvalue weighted by molar-refractivity contribution is -0.141. The third-order valence-corrected chi connectivity index (χ3v) is 7.29. The topological polar surface area (TPSA) is 68.9 Å². The third kappa shape index (κ3) is 5.23. The van der Waals surface area contributed by atoms with E-state index in [0.29, 0.717) is 24.9 Å². The first-order chi connectivity index (χ1) is 16.0. The van der Waals surface area contributed by atoms with Gasteiger partial charge in [0, 0.05) is 57.9 Å². The number of likely N-dealkylation sites (tertiary alicyclic amines) is 1. The van der Waals surface area contributed by atoms with E-state index in [4.69, 9.17) is 9.47 Å². The number of hydrogen-bond acceptors (Lipinski definition) is 6. The Kier molecular flexibility index (Phi) is 7.67. The lowest BCUT2D eigenvalue weighted by Gasteiger charge is -2.45. The van der Waals surface area contributed by atoms with Crippen LogP contribution >= 0.6 is 0 Å². The summed E-state index contributed by atoms with van der Waals surface area (Å²) in [6.45, 7) is 7.89. The summed E-state index contributed by atoms with van der Waals surface area (Å²) in [6, 6.07) is 10.2. The normalized spacial score (nSPS) is 22.4. The minimum atomic E-state index is -0.155. The van der Waals surface area contributed by atoms with Crippen LogP contribution in [0.2, 0.25) is 0 Å². The molecule has 4 rings (SSSR count). The van der Waals surface area contributed by atoms with Crippen molar-refractivity contribution < 1.29 is 14.3 Å². The maximum atomic E-state index is 13.4. The number of rotatable bonds is 7. The molecule has 2 fully saturated rings. The molecule has 8 nitrogen and oxygen atoms in total. The van der Waals surface area contributed by atoms with Crippen LogP contribution in [0.15, 0.2) is 35.1 Å². The van der Waals surface area contributed by atoms with Gasteiger partial charge in [-0.05, 0) is 37.8 Å². The Hall–Kier alpha value is -2.42. The zero-order valence-electron chi connectivity index (χ0n) is 20.0. The summed E-state index contributed by atoms with van der Waals surface area (Å²) in [5.41, 5.74) is 2.76. The quantitative estimate of drug-likeness (QED) is 0.594. The van der Waals surface area contributed by atoms with Crippen LogP contribution in [0.25, 0.3) is 5.69 Å². The molecule has 1 aromatic heterocycles. The Balaban J connectivity index is 1.52. The molecule has 33 heavy (non-hydrogen) atoms. The number of carbonyl (C=O) groups is 1. The third-order valence-electron chi connectivity index (χ3n) is 7.29. The summed E-state index contributed by atoms with van der Waals surface area (Å²) in [6.07, 6.45) is 2.26.